The van der Waals surface area contributed by atoms with Crippen molar-refractivity contribution in [1.29, 1.82) is 0 Å². The summed E-state index contributed by atoms with van der Waals surface area (Å²) in [5, 5.41) is 9.49. The maximum Gasteiger partial charge on any atom is 0.0967 e. The van der Waals surface area contributed by atoms with Crippen LogP contribution in [0.4, 0.5) is 5.69 Å². The molecule has 0 radical (unpaired) electrons. The molecule has 0 aromatic carbocycles. The molecule has 2 rings (SSSR count). The lowest BCUT2D eigenvalue weighted by molar-refractivity contribution is 0.0310. The van der Waals surface area contributed by atoms with Crippen LogP contribution in [0.5, 0.6) is 0 Å². The zero-order valence-electron chi connectivity index (χ0n) is 7.07. The molecule has 0 amide bonds. The third-order valence-corrected chi connectivity index (χ3v) is 2.09. The molecule has 0 saturated carbocycles. The van der Waals surface area contributed by atoms with Crippen LogP contribution in [0.15, 0.2) is 24.5 Å². The van der Waals surface area contributed by atoms with E-state index < -0.39 is 5.60 Å². The van der Waals surface area contributed by atoms with E-state index in [1.807, 2.05) is 19.1 Å². The van der Waals surface area contributed by atoms with Crippen LogP contribution in [0, 0.1) is 0 Å². The molecule has 0 unspecified atom stereocenters. The van der Waals surface area contributed by atoms with Crippen LogP contribution in [0.3, 0.4) is 0 Å². The molecular formula is C9H12N2O. The van der Waals surface area contributed by atoms with E-state index in [-0.39, 0.29) is 0 Å². The molecule has 12 heavy (non-hydrogen) atoms. The number of hydrogen-bond acceptors (Lipinski definition) is 3. The van der Waals surface area contributed by atoms with Crippen molar-refractivity contribution in [2.45, 2.75) is 12.5 Å². The van der Waals surface area contributed by atoms with E-state index in [1.165, 1.54) is 0 Å². The van der Waals surface area contributed by atoms with Gasteiger partial charge in [-0.25, -0.2) is 0 Å². The fourth-order valence-corrected chi connectivity index (χ4v) is 1.51. The summed E-state index contributed by atoms with van der Waals surface area (Å²) in [7, 11) is 0. The van der Waals surface area contributed by atoms with Gasteiger partial charge in [0.2, 0.25) is 0 Å². The Balaban J connectivity index is 2.06. The Hall–Kier alpha value is -1.09. The minimum atomic E-state index is -0.497. The van der Waals surface area contributed by atoms with Crippen LogP contribution in [0.1, 0.15) is 6.92 Å². The van der Waals surface area contributed by atoms with Crippen molar-refractivity contribution in [1.82, 2.24) is 4.98 Å². The molecule has 1 fully saturated rings. The summed E-state index contributed by atoms with van der Waals surface area (Å²) >= 11 is 0. The Labute approximate surface area is 71.7 Å². The second-order valence-corrected chi connectivity index (χ2v) is 3.56. The van der Waals surface area contributed by atoms with E-state index in [0.717, 1.165) is 18.8 Å². The molecule has 64 valence electrons. The lowest BCUT2D eigenvalue weighted by Gasteiger charge is -2.45. The fourth-order valence-electron chi connectivity index (χ4n) is 1.51. The molecule has 1 saturated heterocycles. The number of rotatable bonds is 1. The van der Waals surface area contributed by atoms with Crippen molar-refractivity contribution in [2.75, 3.05) is 18.0 Å². The first-order valence-corrected chi connectivity index (χ1v) is 4.05. The van der Waals surface area contributed by atoms with Gasteiger partial charge in [-0.15, -0.1) is 0 Å². The fraction of sp³-hybridized carbons (Fsp3) is 0.444. The molecule has 2 heterocycles. The summed E-state index contributed by atoms with van der Waals surface area (Å²) in [6.07, 6.45) is 3.53. The molecule has 1 aliphatic rings. The Morgan fingerprint density at radius 3 is 2.50 bits per heavy atom. The second-order valence-electron chi connectivity index (χ2n) is 3.56. The number of anilines is 1. The van der Waals surface area contributed by atoms with Gasteiger partial charge in [-0.3, -0.25) is 4.98 Å². The van der Waals surface area contributed by atoms with E-state index >= 15 is 0 Å². The monoisotopic (exact) mass is 164 g/mol. The Morgan fingerprint density at radius 1 is 1.42 bits per heavy atom. The van der Waals surface area contributed by atoms with E-state index in [2.05, 4.69) is 9.88 Å². The van der Waals surface area contributed by atoms with Gasteiger partial charge in [0.15, 0.2) is 0 Å². The van der Waals surface area contributed by atoms with Crippen molar-refractivity contribution >= 4 is 5.69 Å². The van der Waals surface area contributed by atoms with Gasteiger partial charge in [0.1, 0.15) is 0 Å². The number of aromatic nitrogens is 1. The van der Waals surface area contributed by atoms with Gasteiger partial charge in [0.05, 0.1) is 5.60 Å². The maximum atomic E-state index is 9.49. The van der Waals surface area contributed by atoms with Gasteiger partial charge in [0, 0.05) is 31.2 Å². The van der Waals surface area contributed by atoms with E-state index in [0.29, 0.717) is 0 Å². The van der Waals surface area contributed by atoms with Gasteiger partial charge >= 0.3 is 0 Å². The normalized spacial score (nSPS) is 20.3. The summed E-state index contributed by atoms with van der Waals surface area (Å²) in [6, 6.07) is 3.91. The van der Waals surface area contributed by atoms with Crippen molar-refractivity contribution in [3.63, 3.8) is 0 Å². The van der Waals surface area contributed by atoms with Crippen LogP contribution < -0.4 is 4.90 Å². The third kappa shape index (κ3) is 1.28. The predicted octanol–water partition coefficient (Wildman–Crippen LogP) is 0.653. The predicted molar refractivity (Wildman–Crippen MR) is 47.1 cm³/mol. The zero-order chi connectivity index (χ0) is 8.60. The van der Waals surface area contributed by atoms with Crippen LogP contribution in [0.25, 0.3) is 0 Å². The minimum Gasteiger partial charge on any atom is -0.386 e. The lowest BCUT2D eigenvalue weighted by atomic mass is 9.96. The number of β-amino-alcohol motifs (C(OH)–C–C–N with tert-alkyl or cyclic N) is 1. The summed E-state index contributed by atoms with van der Waals surface area (Å²) in [4.78, 5) is 6.06. The average molecular weight is 164 g/mol. The van der Waals surface area contributed by atoms with Gasteiger partial charge in [-0.1, -0.05) is 0 Å². The Bertz CT molecular complexity index is 263. The number of nitrogens with zero attached hydrogens (tertiary/aromatic N) is 2. The Kier molecular flexibility index (Phi) is 1.54. The second kappa shape index (κ2) is 2.45. The molecule has 3 heteroatoms. The van der Waals surface area contributed by atoms with Crippen LogP contribution in [0.2, 0.25) is 0 Å². The molecule has 0 spiro atoms. The van der Waals surface area contributed by atoms with E-state index in [1.54, 1.807) is 12.4 Å². The molecular weight excluding hydrogens is 152 g/mol. The Morgan fingerprint density at radius 2 is 2.00 bits per heavy atom. The highest BCUT2D eigenvalue weighted by Crippen LogP contribution is 2.25. The SMILES string of the molecule is CC1(O)CN(c2ccncc2)C1. The van der Waals surface area contributed by atoms with Crippen molar-refractivity contribution in [3.8, 4) is 0 Å². The van der Waals surface area contributed by atoms with Gasteiger partial charge in [-0.2, -0.15) is 0 Å². The van der Waals surface area contributed by atoms with Crippen LogP contribution in [-0.4, -0.2) is 28.8 Å². The first kappa shape index (κ1) is 7.55. The number of aliphatic hydroxyl groups is 1. The quantitative estimate of drug-likeness (QED) is 0.662. The lowest BCUT2D eigenvalue weighted by Crippen LogP contribution is -2.60. The molecule has 3 nitrogen and oxygen atoms in total. The third-order valence-electron chi connectivity index (χ3n) is 2.09. The van der Waals surface area contributed by atoms with Gasteiger partial charge in [0.25, 0.3) is 0 Å². The summed E-state index contributed by atoms with van der Waals surface area (Å²) < 4.78 is 0. The standard InChI is InChI=1S/C9H12N2O/c1-9(12)6-11(7-9)8-2-4-10-5-3-8/h2-5,12H,6-7H2,1H3. The van der Waals surface area contributed by atoms with Crippen LogP contribution in [-0.2, 0) is 0 Å². The summed E-state index contributed by atoms with van der Waals surface area (Å²) in [6.45, 7) is 3.29. The molecule has 1 aromatic rings. The maximum absolute atomic E-state index is 9.49. The highest BCUT2D eigenvalue weighted by Gasteiger charge is 2.36. The van der Waals surface area contributed by atoms with Crippen molar-refractivity contribution < 1.29 is 5.11 Å². The molecule has 1 aromatic heterocycles. The number of pyridine rings is 1. The first-order chi connectivity index (χ1) is 5.67. The topological polar surface area (TPSA) is 36.4 Å². The molecule has 1 N–H and O–H groups in total. The smallest absolute Gasteiger partial charge is 0.0967 e. The van der Waals surface area contributed by atoms with Crippen molar-refractivity contribution in [3.05, 3.63) is 24.5 Å². The minimum absolute atomic E-state index is 0.497. The van der Waals surface area contributed by atoms with Crippen molar-refractivity contribution in [2.24, 2.45) is 0 Å². The van der Waals surface area contributed by atoms with Gasteiger partial charge in [-0.05, 0) is 19.1 Å². The molecule has 0 aliphatic carbocycles. The molecule has 0 bridgehead atoms. The summed E-state index contributed by atoms with van der Waals surface area (Å²) in [5.41, 5.74) is 0.639. The average Bonchev–Trinajstić information content (AvgIpc) is 2.02. The van der Waals surface area contributed by atoms with E-state index in [4.69, 9.17) is 0 Å². The van der Waals surface area contributed by atoms with Crippen LogP contribution >= 0.6 is 0 Å². The number of hydrogen-bond donors (Lipinski definition) is 1. The van der Waals surface area contributed by atoms with E-state index in [9.17, 15) is 5.11 Å². The highest BCUT2D eigenvalue weighted by atomic mass is 16.3. The molecule has 1 aliphatic heterocycles. The zero-order valence-corrected chi connectivity index (χ0v) is 7.07. The molecule has 0 atom stereocenters. The van der Waals surface area contributed by atoms with Gasteiger partial charge < -0.3 is 10.0 Å². The highest BCUT2D eigenvalue weighted by molar-refractivity contribution is 5.48. The largest absolute Gasteiger partial charge is 0.386 e. The first-order valence-electron chi connectivity index (χ1n) is 4.05. The summed E-state index contributed by atoms with van der Waals surface area (Å²) in [5.74, 6) is 0.